The molecule has 0 N–H and O–H groups in total. The number of fused-ring (bicyclic) bond motifs is 7. The SMILES string of the molecule is c1ccc(-c2ccc(N(c3ccc(-c4cccc5oc6ccccc6c45)cc3)c3ccc4cc5c(cc4c3)sc3ccccc35)cc2)cc1. The van der Waals surface area contributed by atoms with Crippen LogP contribution in [0.1, 0.15) is 0 Å². The second-order valence-electron chi connectivity index (χ2n) is 12.6. The number of thiophene rings is 1. The van der Waals surface area contributed by atoms with E-state index < -0.39 is 0 Å². The van der Waals surface area contributed by atoms with Gasteiger partial charge in [0, 0.05) is 48.0 Å². The van der Waals surface area contributed by atoms with Gasteiger partial charge in [0.15, 0.2) is 0 Å². The summed E-state index contributed by atoms with van der Waals surface area (Å²) in [5.74, 6) is 0. The van der Waals surface area contributed by atoms with Crippen molar-refractivity contribution in [2.75, 3.05) is 4.90 Å². The third kappa shape index (κ3) is 4.70. The molecule has 0 aliphatic carbocycles. The zero-order valence-electron chi connectivity index (χ0n) is 26.5. The van der Waals surface area contributed by atoms with Gasteiger partial charge >= 0.3 is 0 Å². The molecule has 0 saturated heterocycles. The molecule has 3 heteroatoms. The number of anilines is 3. The monoisotopic (exact) mass is 643 g/mol. The van der Waals surface area contributed by atoms with E-state index in [2.05, 4.69) is 169 Å². The van der Waals surface area contributed by atoms with Crippen LogP contribution in [0.5, 0.6) is 0 Å². The number of nitrogens with zero attached hydrogens (tertiary/aromatic N) is 1. The largest absolute Gasteiger partial charge is 0.456 e. The molecule has 0 atom stereocenters. The van der Waals surface area contributed by atoms with E-state index in [1.807, 2.05) is 23.5 Å². The fraction of sp³-hybridized carbons (Fsp3) is 0. The van der Waals surface area contributed by atoms with Crippen molar-refractivity contribution in [3.05, 3.63) is 176 Å². The first-order valence-electron chi connectivity index (χ1n) is 16.6. The molecule has 0 bridgehead atoms. The van der Waals surface area contributed by atoms with Crippen molar-refractivity contribution in [3.63, 3.8) is 0 Å². The van der Waals surface area contributed by atoms with Gasteiger partial charge in [-0.25, -0.2) is 0 Å². The van der Waals surface area contributed by atoms with Crippen molar-refractivity contribution in [2.24, 2.45) is 0 Å². The lowest BCUT2D eigenvalue weighted by Crippen LogP contribution is -2.09. The Labute approximate surface area is 287 Å². The van der Waals surface area contributed by atoms with Crippen LogP contribution >= 0.6 is 11.3 Å². The van der Waals surface area contributed by atoms with Gasteiger partial charge in [0.25, 0.3) is 0 Å². The van der Waals surface area contributed by atoms with Gasteiger partial charge in [-0.2, -0.15) is 0 Å². The fourth-order valence-corrected chi connectivity index (χ4v) is 8.42. The number of hydrogen-bond donors (Lipinski definition) is 0. The van der Waals surface area contributed by atoms with E-state index in [1.54, 1.807) is 0 Å². The molecule has 0 unspecified atom stereocenters. The topological polar surface area (TPSA) is 16.4 Å². The number of rotatable bonds is 5. The molecule has 0 radical (unpaired) electrons. The molecule has 0 fully saturated rings. The Hall–Kier alpha value is -6.16. The van der Waals surface area contributed by atoms with Gasteiger partial charge in [0.2, 0.25) is 0 Å². The Morgan fingerprint density at radius 2 is 1.04 bits per heavy atom. The van der Waals surface area contributed by atoms with Gasteiger partial charge in [-0.1, -0.05) is 109 Å². The number of para-hydroxylation sites is 1. The summed E-state index contributed by atoms with van der Waals surface area (Å²) >= 11 is 1.86. The lowest BCUT2D eigenvalue weighted by atomic mass is 9.99. The maximum atomic E-state index is 6.21. The summed E-state index contributed by atoms with van der Waals surface area (Å²) in [4.78, 5) is 2.36. The predicted octanol–water partition coefficient (Wildman–Crippen LogP) is 13.9. The van der Waals surface area contributed by atoms with Crippen molar-refractivity contribution < 1.29 is 4.42 Å². The van der Waals surface area contributed by atoms with Crippen LogP contribution in [0, 0.1) is 0 Å². The van der Waals surface area contributed by atoms with Crippen molar-refractivity contribution >= 4 is 81.3 Å². The first-order chi connectivity index (χ1) is 24.3. The van der Waals surface area contributed by atoms with Gasteiger partial charge in [0.1, 0.15) is 11.2 Å². The first-order valence-corrected chi connectivity index (χ1v) is 17.4. The quantitative estimate of drug-likeness (QED) is 0.186. The van der Waals surface area contributed by atoms with Gasteiger partial charge in [-0.15, -0.1) is 11.3 Å². The minimum Gasteiger partial charge on any atom is -0.456 e. The van der Waals surface area contributed by atoms with Gasteiger partial charge < -0.3 is 9.32 Å². The minimum absolute atomic E-state index is 0.909. The zero-order valence-corrected chi connectivity index (χ0v) is 27.3. The van der Waals surface area contributed by atoms with Gasteiger partial charge in [0.05, 0.1) is 0 Å². The predicted molar refractivity (Wildman–Crippen MR) is 210 cm³/mol. The summed E-state index contributed by atoms with van der Waals surface area (Å²) in [6.45, 7) is 0. The van der Waals surface area contributed by atoms with Crippen LogP contribution in [0.25, 0.3) is 75.1 Å². The maximum absolute atomic E-state index is 6.21. The molecule has 0 saturated carbocycles. The van der Waals surface area contributed by atoms with E-state index in [0.29, 0.717) is 0 Å². The van der Waals surface area contributed by atoms with Crippen LogP contribution in [0.4, 0.5) is 17.1 Å². The number of hydrogen-bond acceptors (Lipinski definition) is 3. The van der Waals surface area contributed by atoms with Crippen LogP contribution in [0.3, 0.4) is 0 Å². The summed E-state index contributed by atoms with van der Waals surface area (Å²) in [5, 5.41) is 7.42. The molecular formula is C46H29NOS. The highest BCUT2D eigenvalue weighted by atomic mass is 32.1. The lowest BCUT2D eigenvalue weighted by Gasteiger charge is -2.26. The third-order valence-corrected chi connectivity index (χ3v) is 10.8. The van der Waals surface area contributed by atoms with Crippen molar-refractivity contribution in [1.82, 2.24) is 0 Å². The second kappa shape index (κ2) is 11.2. The van der Waals surface area contributed by atoms with E-state index in [-0.39, 0.29) is 0 Å². The van der Waals surface area contributed by atoms with E-state index >= 15 is 0 Å². The average molecular weight is 644 g/mol. The molecule has 2 heterocycles. The van der Waals surface area contributed by atoms with Gasteiger partial charge in [-0.05, 0) is 99.8 Å². The molecule has 0 aliphatic rings. The van der Waals surface area contributed by atoms with E-state index in [1.165, 1.54) is 47.6 Å². The van der Waals surface area contributed by atoms with Crippen molar-refractivity contribution in [2.45, 2.75) is 0 Å². The van der Waals surface area contributed by atoms with E-state index in [0.717, 1.165) is 44.6 Å². The number of benzene rings is 8. The van der Waals surface area contributed by atoms with Crippen molar-refractivity contribution in [3.8, 4) is 22.3 Å². The average Bonchev–Trinajstić information content (AvgIpc) is 3.73. The molecule has 10 rings (SSSR count). The Balaban J connectivity index is 1.11. The maximum Gasteiger partial charge on any atom is 0.136 e. The molecule has 0 aliphatic heterocycles. The summed E-state index contributed by atoms with van der Waals surface area (Å²) in [6.07, 6.45) is 0. The summed E-state index contributed by atoms with van der Waals surface area (Å²) < 4.78 is 8.85. The summed E-state index contributed by atoms with van der Waals surface area (Å²) in [6, 6.07) is 63.3. The van der Waals surface area contributed by atoms with E-state index in [9.17, 15) is 0 Å². The Bertz CT molecular complexity index is 2810. The molecule has 8 aromatic carbocycles. The normalized spacial score (nSPS) is 11.7. The summed E-state index contributed by atoms with van der Waals surface area (Å²) in [7, 11) is 0. The molecule has 0 amide bonds. The smallest absolute Gasteiger partial charge is 0.136 e. The number of furan rings is 1. The van der Waals surface area contributed by atoms with Crippen molar-refractivity contribution in [1.29, 1.82) is 0 Å². The minimum atomic E-state index is 0.909. The van der Waals surface area contributed by atoms with Crippen LogP contribution in [0.15, 0.2) is 180 Å². The third-order valence-electron chi connectivity index (χ3n) is 9.65. The standard InChI is InChI=1S/C46H29NOS/c1-2-9-30(10-3-1)31-17-22-35(23-18-31)47(37-26-21-33-28-41-39-11-5-7-16-44(39)49-45(41)29-34(33)27-37)36-24-19-32(20-25-36)38-13-8-15-43-46(38)40-12-4-6-14-42(40)48-43/h1-29H. The fourth-order valence-electron chi connectivity index (χ4n) is 7.28. The van der Waals surface area contributed by atoms with E-state index in [4.69, 9.17) is 4.42 Å². The lowest BCUT2D eigenvalue weighted by molar-refractivity contribution is 0.669. The zero-order chi connectivity index (χ0) is 32.3. The molecule has 2 nitrogen and oxygen atoms in total. The summed E-state index contributed by atoms with van der Waals surface area (Å²) in [5.41, 5.74) is 9.89. The molecule has 2 aromatic heterocycles. The molecule has 230 valence electrons. The highest BCUT2D eigenvalue weighted by Gasteiger charge is 2.17. The first kappa shape index (κ1) is 27.9. The Morgan fingerprint density at radius 3 is 1.86 bits per heavy atom. The van der Waals surface area contributed by atoms with Gasteiger partial charge in [-0.3, -0.25) is 0 Å². The highest BCUT2D eigenvalue weighted by molar-refractivity contribution is 7.25. The Morgan fingerprint density at radius 1 is 0.388 bits per heavy atom. The van der Waals surface area contributed by atoms with Crippen LogP contribution in [0.2, 0.25) is 0 Å². The Kier molecular flexibility index (Phi) is 6.39. The van der Waals surface area contributed by atoms with Crippen LogP contribution in [-0.4, -0.2) is 0 Å². The molecule has 49 heavy (non-hydrogen) atoms. The van der Waals surface area contributed by atoms with Crippen LogP contribution in [-0.2, 0) is 0 Å². The van der Waals surface area contributed by atoms with Crippen LogP contribution < -0.4 is 4.90 Å². The molecule has 10 aromatic rings. The highest BCUT2D eigenvalue weighted by Crippen LogP contribution is 2.42. The second-order valence-corrected chi connectivity index (χ2v) is 13.6. The molecular weight excluding hydrogens is 615 g/mol. The molecule has 0 spiro atoms.